The molecule has 5 aromatic rings. The number of amides is 1. The zero-order valence-corrected chi connectivity index (χ0v) is 23.6. The zero-order valence-electron chi connectivity index (χ0n) is 23.6. The number of carbonyl (C=O) groups excluding carboxylic acids is 1. The second kappa shape index (κ2) is 13.7. The predicted octanol–water partition coefficient (Wildman–Crippen LogP) is 5.69. The van der Waals surface area contributed by atoms with Gasteiger partial charge in [0.15, 0.2) is 0 Å². The Kier molecular flexibility index (Phi) is 9.31. The third-order valence-electron chi connectivity index (χ3n) is 7.30. The molecule has 5 rings (SSSR count). The average molecular weight is 562 g/mol. The number of carboxylic acids is 1. The molecule has 1 unspecified atom stereocenters. The van der Waals surface area contributed by atoms with Gasteiger partial charge in [-0.25, -0.2) is 4.79 Å². The number of aryl methyl sites for hydroxylation is 1. The molecule has 1 aromatic heterocycles. The molecule has 4 aromatic carbocycles. The van der Waals surface area contributed by atoms with E-state index < -0.39 is 17.9 Å². The maximum Gasteiger partial charge on any atom is 0.326 e. The first-order valence-corrected chi connectivity index (χ1v) is 14.1. The summed E-state index contributed by atoms with van der Waals surface area (Å²) >= 11 is 0. The summed E-state index contributed by atoms with van der Waals surface area (Å²) < 4.78 is 7.98. The molecule has 214 valence electrons. The molecule has 0 saturated heterocycles. The Morgan fingerprint density at radius 3 is 2.05 bits per heavy atom. The number of carboxylic acid groups (broad SMARTS) is 1. The largest absolute Gasteiger partial charge is 0.492 e. The molecular weight excluding hydrogens is 526 g/mol. The highest BCUT2D eigenvalue weighted by atomic mass is 16.5. The molecule has 1 atom stereocenters. The number of nitrogens with one attached hydrogen (secondary N) is 1. The van der Waals surface area contributed by atoms with E-state index in [0.29, 0.717) is 17.9 Å². The van der Waals surface area contributed by atoms with Crippen molar-refractivity contribution in [3.63, 3.8) is 0 Å². The van der Waals surface area contributed by atoms with Crippen LogP contribution >= 0.6 is 0 Å². The van der Waals surface area contributed by atoms with E-state index in [1.165, 1.54) is 11.1 Å². The molecule has 0 bridgehead atoms. The van der Waals surface area contributed by atoms with Crippen LogP contribution in [0, 0.1) is 0 Å². The van der Waals surface area contributed by atoms with Crippen molar-refractivity contribution < 1.29 is 19.4 Å². The minimum atomic E-state index is -1.08. The fourth-order valence-electron chi connectivity index (χ4n) is 5.14. The number of benzene rings is 4. The summed E-state index contributed by atoms with van der Waals surface area (Å²) in [6, 6.07) is 34.3. The van der Waals surface area contributed by atoms with Crippen molar-refractivity contribution in [2.75, 3.05) is 13.2 Å². The molecule has 0 aliphatic carbocycles. The number of hydrogen-bond acceptors (Lipinski definition) is 4. The number of carbonyl (C=O) groups is 2. The summed E-state index contributed by atoms with van der Waals surface area (Å²) in [5, 5.41) is 13.5. The monoisotopic (exact) mass is 561 g/mol. The van der Waals surface area contributed by atoms with Crippen LogP contribution in [0.5, 0.6) is 5.75 Å². The van der Waals surface area contributed by atoms with Crippen LogP contribution in [0.3, 0.4) is 0 Å². The molecule has 0 fully saturated rings. The molecule has 0 aliphatic heterocycles. The van der Waals surface area contributed by atoms with Crippen molar-refractivity contribution in [1.82, 2.24) is 14.8 Å². The molecule has 0 radical (unpaired) electrons. The Morgan fingerprint density at radius 1 is 0.833 bits per heavy atom. The molecule has 0 spiro atoms. The lowest BCUT2D eigenvalue weighted by molar-refractivity contribution is -0.139. The maximum atomic E-state index is 13.0. The number of aromatic nitrogens is 1. The molecule has 0 saturated carbocycles. The molecule has 1 heterocycles. The van der Waals surface area contributed by atoms with Crippen molar-refractivity contribution in [1.29, 1.82) is 0 Å². The van der Waals surface area contributed by atoms with Gasteiger partial charge >= 0.3 is 5.97 Å². The fraction of sp³-hybridized carbons (Fsp3) is 0.200. The SMILES string of the molecule is Cn1cc(CC(NC(=O)c2ccc(OCCN(Cc3ccccc3)Cc3ccccc3)cc2)C(=O)O)c2ccccc21. The molecule has 0 aliphatic rings. The van der Waals surface area contributed by atoms with Crippen molar-refractivity contribution in [3.8, 4) is 5.75 Å². The lowest BCUT2D eigenvalue weighted by Gasteiger charge is -2.23. The molecule has 1 amide bonds. The lowest BCUT2D eigenvalue weighted by Crippen LogP contribution is -2.42. The third-order valence-corrected chi connectivity index (χ3v) is 7.30. The second-order valence-corrected chi connectivity index (χ2v) is 10.4. The minimum Gasteiger partial charge on any atom is -0.492 e. The van der Waals surface area contributed by atoms with Crippen LogP contribution in [0.25, 0.3) is 10.9 Å². The van der Waals surface area contributed by atoms with Crippen molar-refractivity contribution in [2.24, 2.45) is 7.05 Å². The van der Waals surface area contributed by atoms with Crippen molar-refractivity contribution in [2.45, 2.75) is 25.6 Å². The van der Waals surface area contributed by atoms with E-state index in [1.807, 2.05) is 78.5 Å². The Bertz CT molecular complexity index is 1570. The summed E-state index contributed by atoms with van der Waals surface area (Å²) in [4.78, 5) is 27.3. The maximum absolute atomic E-state index is 13.0. The van der Waals surface area contributed by atoms with Crippen LogP contribution in [0.1, 0.15) is 27.0 Å². The highest BCUT2D eigenvalue weighted by Gasteiger charge is 2.23. The van der Waals surface area contributed by atoms with Gasteiger partial charge in [-0.15, -0.1) is 0 Å². The number of rotatable bonds is 13. The smallest absolute Gasteiger partial charge is 0.326 e. The molecule has 2 N–H and O–H groups in total. The highest BCUT2D eigenvalue weighted by molar-refractivity contribution is 5.97. The van der Waals surface area contributed by atoms with Crippen LogP contribution < -0.4 is 10.1 Å². The van der Waals surface area contributed by atoms with Gasteiger partial charge in [0.2, 0.25) is 0 Å². The van der Waals surface area contributed by atoms with Gasteiger partial charge in [0, 0.05) is 55.8 Å². The van der Waals surface area contributed by atoms with E-state index in [0.717, 1.165) is 36.1 Å². The number of para-hydroxylation sites is 1. The number of aliphatic carboxylic acids is 1. The van der Waals surface area contributed by atoms with Crippen LogP contribution in [0.2, 0.25) is 0 Å². The zero-order chi connectivity index (χ0) is 29.3. The van der Waals surface area contributed by atoms with Gasteiger partial charge in [-0.05, 0) is 47.0 Å². The second-order valence-electron chi connectivity index (χ2n) is 10.4. The predicted molar refractivity (Wildman–Crippen MR) is 164 cm³/mol. The van der Waals surface area contributed by atoms with Crippen LogP contribution in [0.4, 0.5) is 0 Å². The van der Waals surface area contributed by atoms with Crippen LogP contribution in [-0.4, -0.2) is 45.6 Å². The van der Waals surface area contributed by atoms with Gasteiger partial charge in [0.1, 0.15) is 18.4 Å². The Hall–Kier alpha value is -4.88. The first-order valence-electron chi connectivity index (χ1n) is 14.1. The lowest BCUT2D eigenvalue weighted by atomic mass is 10.0. The summed E-state index contributed by atoms with van der Waals surface area (Å²) in [7, 11) is 1.92. The normalized spacial score (nSPS) is 11.9. The van der Waals surface area contributed by atoms with E-state index in [-0.39, 0.29) is 6.42 Å². The quantitative estimate of drug-likeness (QED) is 0.193. The van der Waals surface area contributed by atoms with Gasteiger partial charge in [-0.3, -0.25) is 9.69 Å². The molecule has 42 heavy (non-hydrogen) atoms. The van der Waals surface area contributed by atoms with Crippen molar-refractivity contribution >= 4 is 22.8 Å². The summed E-state index contributed by atoms with van der Waals surface area (Å²) in [5.41, 5.74) is 4.74. The average Bonchev–Trinajstić information content (AvgIpc) is 3.33. The topological polar surface area (TPSA) is 83.8 Å². The standard InChI is InChI=1S/C35H35N3O4/c1-37-25-29(31-14-8-9-15-33(31)37)22-32(35(40)41)36-34(39)28-16-18-30(19-17-28)42-21-20-38(23-26-10-4-2-5-11-26)24-27-12-6-3-7-13-27/h2-19,25,32H,20-24H2,1H3,(H,36,39)(H,40,41). The van der Waals surface area contributed by atoms with E-state index in [9.17, 15) is 14.7 Å². The summed E-state index contributed by atoms with van der Waals surface area (Å²) in [6.45, 7) is 2.82. The highest BCUT2D eigenvalue weighted by Crippen LogP contribution is 2.22. The van der Waals surface area contributed by atoms with E-state index >= 15 is 0 Å². The molecule has 7 heteroatoms. The van der Waals surface area contributed by atoms with E-state index in [4.69, 9.17) is 4.74 Å². The van der Waals surface area contributed by atoms with Gasteiger partial charge in [-0.1, -0.05) is 78.9 Å². The first kappa shape index (κ1) is 28.6. The van der Waals surface area contributed by atoms with Gasteiger partial charge in [0.05, 0.1) is 0 Å². The first-order chi connectivity index (χ1) is 20.5. The van der Waals surface area contributed by atoms with Gasteiger partial charge in [-0.2, -0.15) is 0 Å². The van der Waals surface area contributed by atoms with Gasteiger partial charge < -0.3 is 19.7 Å². The van der Waals surface area contributed by atoms with Gasteiger partial charge in [0.25, 0.3) is 5.91 Å². The number of hydrogen-bond donors (Lipinski definition) is 2. The number of nitrogens with zero attached hydrogens (tertiary/aromatic N) is 2. The van der Waals surface area contributed by atoms with Crippen molar-refractivity contribution in [3.05, 3.63) is 138 Å². The van der Waals surface area contributed by atoms with E-state index in [1.54, 1.807) is 24.3 Å². The Balaban J connectivity index is 1.17. The fourth-order valence-corrected chi connectivity index (χ4v) is 5.14. The molecular formula is C35H35N3O4. The third kappa shape index (κ3) is 7.44. The number of ether oxygens (including phenoxy) is 1. The van der Waals surface area contributed by atoms with Crippen LogP contribution in [-0.2, 0) is 31.4 Å². The number of fused-ring (bicyclic) bond motifs is 1. The van der Waals surface area contributed by atoms with Crippen LogP contribution in [0.15, 0.2) is 115 Å². The van der Waals surface area contributed by atoms with E-state index in [2.05, 4.69) is 34.5 Å². The minimum absolute atomic E-state index is 0.187. The Labute approximate surface area is 246 Å². The molecule has 7 nitrogen and oxygen atoms in total. The summed E-state index contributed by atoms with van der Waals surface area (Å²) in [6.07, 6.45) is 2.10. The Morgan fingerprint density at radius 2 is 1.43 bits per heavy atom. The summed E-state index contributed by atoms with van der Waals surface area (Å²) in [5.74, 6) is -0.866.